The largest absolute Gasteiger partial charge is 0.396 e. The molecule has 4 N–H and O–H groups in total. The minimum Gasteiger partial charge on any atom is -0.396 e. The Morgan fingerprint density at radius 1 is 1.19 bits per heavy atom. The second-order valence-corrected chi connectivity index (χ2v) is 5.33. The van der Waals surface area contributed by atoms with Crippen molar-refractivity contribution in [1.29, 1.82) is 0 Å². The summed E-state index contributed by atoms with van der Waals surface area (Å²) < 4.78 is 24.6. The first kappa shape index (κ1) is 15.3. The third kappa shape index (κ3) is 4.44. The fourth-order valence-electron chi connectivity index (χ4n) is 0.972. The molecule has 0 bridgehead atoms. The Kier molecular flexibility index (Phi) is 5.87. The number of hydrogen-bond acceptors (Lipinski definition) is 6. The predicted molar refractivity (Wildman–Crippen MR) is 55.9 cm³/mol. The van der Waals surface area contributed by atoms with Gasteiger partial charge in [-0.05, 0) is 0 Å². The number of rotatable bonds is 7. The molecule has 16 heavy (non-hydrogen) atoms. The Hall–Kier alpha value is -0.700. The maximum atomic E-state index is 11.4. The average molecular weight is 255 g/mol. The Bertz CT molecular complexity index is 313. The highest BCUT2D eigenvalue weighted by atomic mass is 32.2. The molecule has 1 amide bonds. The van der Waals surface area contributed by atoms with Crippen LogP contribution in [0.5, 0.6) is 0 Å². The lowest BCUT2D eigenvalue weighted by atomic mass is 9.94. The Morgan fingerprint density at radius 2 is 1.62 bits per heavy atom. The van der Waals surface area contributed by atoms with E-state index in [-0.39, 0.29) is 6.42 Å². The van der Waals surface area contributed by atoms with Gasteiger partial charge in [-0.15, -0.1) is 0 Å². The Balaban J connectivity index is 4.73. The van der Waals surface area contributed by atoms with Gasteiger partial charge in [-0.25, -0.2) is 8.42 Å². The summed E-state index contributed by atoms with van der Waals surface area (Å²) in [5.74, 6) is -1.39. The van der Waals surface area contributed by atoms with E-state index in [0.717, 1.165) is 0 Å². The minimum atomic E-state index is -3.97. The van der Waals surface area contributed by atoms with Gasteiger partial charge in [0.1, 0.15) is 0 Å². The van der Waals surface area contributed by atoms with Crippen LogP contribution in [0.4, 0.5) is 0 Å². The van der Waals surface area contributed by atoms with Crippen LogP contribution in [0.25, 0.3) is 0 Å². The first-order chi connectivity index (χ1) is 7.34. The molecule has 8 heteroatoms. The van der Waals surface area contributed by atoms with Gasteiger partial charge < -0.3 is 15.3 Å². The number of aliphatic hydroxyl groups is 3. The standard InChI is InChI=1S/C8H17NO6S/c1-2-7(13)9-16(14,15)6-8(3-10,4-11)5-12/h10-12H,2-6H2,1H3,(H,9,13). The Labute approximate surface area is 94.1 Å². The minimum absolute atomic E-state index is 0.00358. The topological polar surface area (TPSA) is 124 Å². The molecule has 0 fully saturated rings. The summed E-state index contributed by atoms with van der Waals surface area (Å²) >= 11 is 0. The van der Waals surface area contributed by atoms with E-state index in [9.17, 15) is 13.2 Å². The second-order valence-electron chi connectivity index (χ2n) is 3.61. The third-order valence-corrected chi connectivity index (χ3v) is 3.62. The smallest absolute Gasteiger partial charge is 0.235 e. The van der Waals surface area contributed by atoms with Gasteiger partial charge in [-0.1, -0.05) is 6.92 Å². The molecular formula is C8H17NO6S. The molecular weight excluding hydrogens is 238 g/mol. The van der Waals surface area contributed by atoms with Crippen LogP contribution < -0.4 is 4.72 Å². The molecule has 0 saturated heterocycles. The maximum absolute atomic E-state index is 11.4. The number of carbonyl (C=O) groups is 1. The molecule has 0 aliphatic rings. The molecule has 0 aromatic heterocycles. The molecule has 0 unspecified atom stereocenters. The van der Waals surface area contributed by atoms with Crippen molar-refractivity contribution in [3.63, 3.8) is 0 Å². The van der Waals surface area contributed by atoms with Gasteiger partial charge in [0.2, 0.25) is 15.9 Å². The molecule has 0 spiro atoms. The van der Waals surface area contributed by atoms with E-state index < -0.39 is 46.9 Å². The van der Waals surface area contributed by atoms with Crippen LogP contribution in [-0.4, -0.2) is 55.2 Å². The number of sulfonamides is 1. The summed E-state index contributed by atoms with van der Waals surface area (Å²) in [4.78, 5) is 10.9. The number of nitrogens with one attached hydrogen (secondary N) is 1. The molecule has 0 aliphatic heterocycles. The lowest BCUT2D eigenvalue weighted by molar-refractivity contribution is -0.119. The van der Waals surface area contributed by atoms with Crippen LogP contribution in [0.15, 0.2) is 0 Å². The monoisotopic (exact) mass is 255 g/mol. The van der Waals surface area contributed by atoms with Crippen LogP contribution in [0.2, 0.25) is 0 Å². The third-order valence-electron chi connectivity index (χ3n) is 2.09. The number of hydrogen-bond donors (Lipinski definition) is 4. The second kappa shape index (κ2) is 6.14. The van der Waals surface area contributed by atoms with Crippen molar-refractivity contribution >= 4 is 15.9 Å². The summed E-state index contributed by atoms with van der Waals surface area (Å²) in [6.07, 6.45) is 0.00358. The van der Waals surface area contributed by atoms with Gasteiger partial charge in [0.15, 0.2) is 0 Å². The van der Waals surface area contributed by atoms with E-state index in [0.29, 0.717) is 0 Å². The van der Waals surface area contributed by atoms with Crippen LogP contribution in [-0.2, 0) is 14.8 Å². The first-order valence-corrected chi connectivity index (χ1v) is 6.36. The molecule has 0 atom stereocenters. The molecule has 0 heterocycles. The van der Waals surface area contributed by atoms with E-state index in [2.05, 4.69) is 0 Å². The molecule has 7 nitrogen and oxygen atoms in total. The van der Waals surface area contributed by atoms with Crippen LogP contribution in [0.1, 0.15) is 13.3 Å². The number of carbonyl (C=O) groups excluding carboxylic acids is 1. The summed E-state index contributed by atoms with van der Waals surface area (Å²) in [6, 6.07) is 0. The average Bonchev–Trinajstić information content (AvgIpc) is 2.25. The number of amides is 1. The van der Waals surface area contributed by atoms with E-state index in [1.165, 1.54) is 6.92 Å². The maximum Gasteiger partial charge on any atom is 0.235 e. The predicted octanol–water partition coefficient (Wildman–Crippen LogP) is -2.19. The van der Waals surface area contributed by atoms with Crippen molar-refractivity contribution in [2.75, 3.05) is 25.6 Å². The highest BCUT2D eigenvalue weighted by Crippen LogP contribution is 2.17. The normalized spacial score (nSPS) is 12.5. The van der Waals surface area contributed by atoms with Crippen molar-refractivity contribution in [3.8, 4) is 0 Å². The van der Waals surface area contributed by atoms with Gasteiger partial charge in [0.05, 0.1) is 31.0 Å². The zero-order valence-corrected chi connectivity index (χ0v) is 9.83. The van der Waals surface area contributed by atoms with E-state index in [1.54, 1.807) is 4.72 Å². The molecule has 96 valence electrons. The van der Waals surface area contributed by atoms with Crippen LogP contribution in [0.3, 0.4) is 0 Å². The molecule has 0 radical (unpaired) electrons. The lowest BCUT2D eigenvalue weighted by Crippen LogP contribution is -2.45. The Morgan fingerprint density at radius 3 is 1.94 bits per heavy atom. The SMILES string of the molecule is CCC(=O)NS(=O)(=O)CC(CO)(CO)CO. The molecule has 0 saturated carbocycles. The van der Waals surface area contributed by atoms with E-state index in [1.807, 2.05) is 0 Å². The highest BCUT2D eigenvalue weighted by molar-refractivity contribution is 7.90. The van der Waals surface area contributed by atoms with Gasteiger partial charge in [-0.2, -0.15) is 0 Å². The van der Waals surface area contributed by atoms with Gasteiger partial charge in [0, 0.05) is 6.42 Å². The molecule has 0 aliphatic carbocycles. The molecule has 0 aromatic carbocycles. The highest BCUT2D eigenvalue weighted by Gasteiger charge is 2.34. The molecule has 0 rings (SSSR count). The summed E-state index contributed by atoms with van der Waals surface area (Å²) in [7, 11) is -3.97. The fraction of sp³-hybridized carbons (Fsp3) is 0.875. The number of aliphatic hydroxyl groups excluding tert-OH is 3. The van der Waals surface area contributed by atoms with Crippen molar-refractivity contribution in [2.24, 2.45) is 5.41 Å². The van der Waals surface area contributed by atoms with Crippen molar-refractivity contribution in [2.45, 2.75) is 13.3 Å². The van der Waals surface area contributed by atoms with Crippen LogP contribution in [0, 0.1) is 5.41 Å². The van der Waals surface area contributed by atoms with E-state index in [4.69, 9.17) is 15.3 Å². The zero-order valence-electron chi connectivity index (χ0n) is 9.01. The quantitative estimate of drug-likeness (QED) is 0.409. The first-order valence-electron chi connectivity index (χ1n) is 4.70. The van der Waals surface area contributed by atoms with Crippen molar-refractivity contribution < 1.29 is 28.5 Å². The van der Waals surface area contributed by atoms with Crippen LogP contribution >= 0.6 is 0 Å². The van der Waals surface area contributed by atoms with Gasteiger partial charge in [-0.3, -0.25) is 9.52 Å². The summed E-state index contributed by atoms with van der Waals surface area (Å²) in [5.41, 5.74) is -1.54. The van der Waals surface area contributed by atoms with Gasteiger partial charge >= 0.3 is 0 Å². The lowest BCUT2D eigenvalue weighted by Gasteiger charge is -2.26. The zero-order chi connectivity index (χ0) is 12.8. The fourth-order valence-corrected chi connectivity index (χ4v) is 2.62. The van der Waals surface area contributed by atoms with Gasteiger partial charge in [0.25, 0.3) is 0 Å². The van der Waals surface area contributed by atoms with Crippen molar-refractivity contribution in [3.05, 3.63) is 0 Å². The van der Waals surface area contributed by atoms with E-state index >= 15 is 0 Å². The summed E-state index contributed by atoms with van der Waals surface area (Å²) in [6.45, 7) is -0.591. The molecule has 0 aromatic rings. The summed E-state index contributed by atoms with van der Waals surface area (Å²) in [5, 5.41) is 26.8. The van der Waals surface area contributed by atoms with Crippen molar-refractivity contribution in [1.82, 2.24) is 4.72 Å².